The lowest BCUT2D eigenvalue weighted by molar-refractivity contribution is 0.363. The Labute approximate surface area is 116 Å². The van der Waals surface area contributed by atoms with Gasteiger partial charge in [0.1, 0.15) is 0 Å². The molecule has 2 rings (SSSR count). The van der Waals surface area contributed by atoms with Gasteiger partial charge in [0.25, 0.3) is 0 Å². The van der Waals surface area contributed by atoms with Gasteiger partial charge in [-0.1, -0.05) is 34.4 Å². The summed E-state index contributed by atoms with van der Waals surface area (Å²) in [6, 6.07) is 7.52. The van der Waals surface area contributed by atoms with Crippen molar-refractivity contribution in [1.29, 1.82) is 0 Å². The van der Waals surface area contributed by atoms with Crippen molar-refractivity contribution in [3.8, 4) is 0 Å². The van der Waals surface area contributed by atoms with Gasteiger partial charge < -0.3 is 9.84 Å². The predicted octanol–water partition coefficient (Wildman–Crippen LogP) is 4.14. The zero-order valence-corrected chi connectivity index (χ0v) is 11.7. The second-order valence-corrected chi connectivity index (χ2v) is 5.05. The Kier molecular flexibility index (Phi) is 4.27. The maximum atomic E-state index is 6.15. The molecule has 0 bridgehead atoms. The summed E-state index contributed by atoms with van der Waals surface area (Å²) in [5.41, 5.74) is 1.89. The second kappa shape index (κ2) is 5.74. The fraction of sp³-hybridized carbons (Fsp3) is 0.308. The van der Waals surface area contributed by atoms with Crippen LogP contribution in [0.4, 0.5) is 0 Å². The van der Waals surface area contributed by atoms with E-state index in [9.17, 15) is 0 Å². The highest BCUT2D eigenvalue weighted by Crippen LogP contribution is 2.26. The Balaban J connectivity index is 2.01. The van der Waals surface area contributed by atoms with E-state index >= 15 is 0 Å². The van der Waals surface area contributed by atoms with Crippen molar-refractivity contribution in [3.05, 3.63) is 51.3 Å². The van der Waals surface area contributed by atoms with Gasteiger partial charge >= 0.3 is 0 Å². The molecular formula is C13H14Cl2N2O. The lowest BCUT2D eigenvalue weighted by Crippen LogP contribution is -2.18. The average molecular weight is 285 g/mol. The van der Waals surface area contributed by atoms with Gasteiger partial charge in [0.15, 0.2) is 5.76 Å². The summed E-state index contributed by atoms with van der Waals surface area (Å²) in [5.74, 6) is 0.810. The smallest absolute Gasteiger partial charge is 0.150 e. The third kappa shape index (κ3) is 3.25. The first-order valence-electron chi connectivity index (χ1n) is 5.67. The highest BCUT2D eigenvalue weighted by atomic mass is 35.5. The van der Waals surface area contributed by atoms with Crippen LogP contribution in [-0.2, 0) is 6.54 Å². The number of aromatic nitrogens is 1. The standard InChI is InChI=1S/C13H14Cl2N2O/c1-8-5-11(18-17-8)7-16-9(2)12-4-3-10(14)6-13(12)15/h3-6,9,16H,7H2,1-2H3. The molecule has 1 heterocycles. The van der Waals surface area contributed by atoms with Crippen LogP contribution in [0.2, 0.25) is 10.0 Å². The zero-order valence-electron chi connectivity index (χ0n) is 10.2. The van der Waals surface area contributed by atoms with Gasteiger partial charge in [-0.15, -0.1) is 0 Å². The molecule has 0 aliphatic rings. The highest BCUT2D eigenvalue weighted by Gasteiger charge is 2.10. The Morgan fingerprint density at radius 1 is 1.33 bits per heavy atom. The summed E-state index contributed by atoms with van der Waals surface area (Å²) >= 11 is 12.0. The third-order valence-electron chi connectivity index (χ3n) is 2.69. The summed E-state index contributed by atoms with van der Waals surface area (Å²) in [6.45, 7) is 4.55. The first-order chi connectivity index (χ1) is 8.56. The van der Waals surface area contributed by atoms with Crippen molar-refractivity contribution in [1.82, 2.24) is 10.5 Å². The van der Waals surface area contributed by atoms with Crippen LogP contribution in [0.1, 0.15) is 30.0 Å². The summed E-state index contributed by atoms with van der Waals surface area (Å²) < 4.78 is 5.13. The summed E-state index contributed by atoms with van der Waals surface area (Å²) in [6.07, 6.45) is 0. The molecule has 1 aromatic carbocycles. The molecule has 2 aromatic rings. The maximum absolute atomic E-state index is 6.15. The van der Waals surface area contributed by atoms with E-state index in [1.165, 1.54) is 0 Å². The van der Waals surface area contributed by atoms with Crippen LogP contribution in [0.15, 0.2) is 28.8 Å². The van der Waals surface area contributed by atoms with E-state index in [0.717, 1.165) is 17.0 Å². The Bertz CT molecular complexity index is 540. The van der Waals surface area contributed by atoms with Gasteiger partial charge in [0.2, 0.25) is 0 Å². The molecule has 0 radical (unpaired) electrons. The summed E-state index contributed by atoms with van der Waals surface area (Å²) in [5, 5.41) is 8.47. The number of benzene rings is 1. The normalized spacial score (nSPS) is 12.7. The number of rotatable bonds is 4. The van der Waals surface area contributed by atoms with Gasteiger partial charge in [0, 0.05) is 22.2 Å². The summed E-state index contributed by atoms with van der Waals surface area (Å²) in [4.78, 5) is 0. The zero-order chi connectivity index (χ0) is 13.1. The molecule has 0 spiro atoms. The van der Waals surface area contributed by atoms with Crippen LogP contribution in [0.25, 0.3) is 0 Å². The van der Waals surface area contributed by atoms with E-state index in [0.29, 0.717) is 16.6 Å². The number of nitrogens with zero attached hydrogens (tertiary/aromatic N) is 1. The molecule has 96 valence electrons. The molecule has 1 aromatic heterocycles. The minimum Gasteiger partial charge on any atom is -0.360 e. The van der Waals surface area contributed by atoms with Crippen LogP contribution in [0, 0.1) is 6.92 Å². The molecule has 18 heavy (non-hydrogen) atoms. The number of halogens is 2. The molecule has 1 N–H and O–H groups in total. The molecule has 0 aliphatic heterocycles. The van der Waals surface area contributed by atoms with Gasteiger partial charge in [-0.05, 0) is 31.5 Å². The van der Waals surface area contributed by atoms with E-state index < -0.39 is 0 Å². The average Bonchev–Trinajstić information content (AvgIpc) is 2.72. The summed E-state index contributed by atoms with van der Waals surface area (Å²) in [7, 11) is 0. The molecule has 5 heteroatoms. The Morgan fingerprint density at radius 3 is 2.72 bits per heavy atom. The van der Waals surface area contributed by atoms with Gasteiger partial charge in [-0.3, -0.25) is 0 Å². The van der Waals surface area contributed by atoms with Gasteiger partial charge in [-0.25, -0.2) is 0 Å². The van der Waals surface area contributed by atoms with Crippen LogP contribution in [0.5, 0.6) is 0 Å². The Morgan fingerprint density at radius 2 is 2.11 bits per heavy atom. The second-order valence-electron chi connectivity index (χ2n) is 4.20. The third-order valence-corrected chi connectivity index (χ3v) is 3.25. The minimum absolute atomic E-state index is 0.111. The van der Waals surface area contributed by atoms with Crippen molar-refractivity contribution < 1.29 is 4.52 Å². The van der Waals surface area contributed by atoms with Crippen molar-refractivity contribution in [2.75, 3.05) is 0 Å². The van der Waals surface area contributed by atoms with E-state index in [1.54, 1.807) is 6.07 Å². The molecule has 0 saturated carbocycles. The van der Waals surface area contributed by atoms with Gasteiger partial charge in [0.05, 0.1) is 12.2 Å². The largest absolute Gasteiger partial charge is 0.360 e. The molecule has 1 unspecified atom stereocenters. The molecular weight excluding hydrogens is 271 g/mol. The van der Waals surface area contributed by atoms with Gasteiger partial charge in [-0.2, -0.15) is 0 Å². The van der Waals surface area contributed by atoms with Crippen LogP contribution >= 0.6 is 23.2 Å². The quantitative estimate of drug-likeness (QED) is 0.917. The van der Waals surface area contributed by atoms with Crippen molar-refractivity contribution in [3.63, 3.8) is 0 Å². The van der Waals surface area contributed by atoms with E-state index in [-0.39, 0.29) is 6.04 Å². The highest BCUT2D eigenvalue weighted by molar-refractivity contribution is 6.35. The lowest BCUT2D eigenvalue weighted by Gasteiger charge is -2.14. The molecule has 0 saturated heterocycles. The lowest BCUT2D eigenvalue weighted by atomic mass is 10.1. The number of nitrogens with one attached hydrogen (secondary N) is 1. The maximum Gasteiger partial charge on any atom is 0.150 e. The SMILES string of the molecule is Cc1cc(CNC(C)c2ccc(Cl)cc2Cl)on1. The molecule has 1 atom stereocenters. The first kappa shape index (κ1) is 13.4. The fourth-order valence-corrected chi connectivity index (χ4v) is 2.29. The van der Waals surface area contributed by atoms with Crippen LogP contribution < -0.4 is 5.32 Å². The molecule has 0 fully saturated rings. The van der Waals surface area contributed by atoms with Crippen molar-refractivity contribution in [2.45, 2.75) is 26.4 Å². The van der Waals surface area contributed by atoms with Crippen molar-refractivity contribution in [2.24, 2.45) is 0 Å². The number of hydrogen-bond acceptors (Lipinski definition) is 3. The van der Waals surface area contributed by atoms with E-state index in [2.05, 4.69) is 10.5 Å². The molecule has 0 amide bonds. The minimum atomic E-state index is 0.111. The topological polar surface area (TPSA) is 38.1 Å². The predicted molar refractivity (Wildman–Crippen MR) is 73.0 cm³/mol. The van der Waals surface area contributed by atoms with E-state index in [4.69, 9.17) is 27.7 Å². The van der Waals surface area contributed by atoms with Crippen molar-refractivity contribution >= 4 is 23.2 Å². The first-order valence-corrected chi connectivity index (χ1v) is 6.42. The molecule has 0 aliphatic carbocycles. The molecule has 3 nitrogen and oxygen atoms in total. The number of hydrogen-bond donors (Lipinski definition) is 1. The monoisotopic (exact) mass is 284 g/mol. The van der Waals surface area contributed by atoms with Crippen LogP contribution in [0.3, 0.4) is 0 Å². The van der Waals surface area contributed by atoms with E-state index in [1.807, 2.05) is 32.0 Å². The van der Waals surface area contributed by atoms with Crippen LogP contribution in [-0.4, -0.2) is 5.16 Å². The fourth-order valence-electron chi connectivity index (χ4n) is 1.72. The number of aryl methyl sites for hydroxylation is 1. The Hall–Kier alpha value is -1.03.